The fourth-order valence-corrected chi connectivity index (χ4v) is 9.84. The first-order chi connectivity index (χ1) is 28.0. The summed E-state index contributed by atoms with van der Waals surface area (Å²) in [6.07, 6.45) is -2.36. The van der Waals surface area contributed by atoms with Gasteiger partial charge in [-0.3, -0.25) is 24.0 Å². The maximum atomic E-state index is 15.1. The third-order valence-electron chi connectivity index (χ3n) is 12.5. The van der Waals surface area contributed by atoms with Gasteiger partial charge in [0.25, 0.3) is 5.91 Å². The molecule has 1 aromatic carbocycles. The number of carboxylic acid groups (broad SMARTS) is 1. The highest BCUT2D eigenvalue weighted by molar-refractivity contribution is 7.91. The van der Waals surface area contributed by atoms with Gasteiger partial charge in [0.05, 0.1) is 17.9 Å². The first-order valence-electron chi connectivity index (χ1n) is 20.3. The average molecular weight is 884 g/mol. The number of alkyl halides is 3. The highest BCUT2D eigenvalue weighted by Gasteiger charge is 2.64. The van der Waals surface area contributed by atoms with Crippen molar-refractivity contribution in [3.05, 3.63) is 41.4 Å². The van der Waals surface area contributed by atoms with Crippen LogP contribution in [0.4, 0.5) is 18.0 Å². The molecule has 1 saturated heterocycles. The molecule has 0 radical (unpaired) electrons. The average Bonchev–Trinajstić information content (AvgIpc) is 4.04. The van der Waals surface area contributed by atoms with Crippen LogP contribution in [-0.2, 0) is 24.4 Å². The van der Waals surface area contributed by atoms with Crippen LogP contribution in [0.25, 0.3) is 10.8 Å². The second-order valence-electron chi connectivity index (χ2n) is 17.6. The van der Waals surface area contributed by atoms with Crippen LogP contribution < -0.4 is 19.5 Å². The van der Waals surface area contributed by atoms with Gasteiger partial charge in [-0.1, -0.05) is 50.6 Å². The van der Waals surface area contributed by atoms with E-state index in [9.17, 15) is 41.1 Å². The molecular formula is C41H53ClF3N5O9S. The molecule has 2 saturated carbocycles. The molecule has 14 nitrogen and oxygen atoms in total. The number of carbonyl (C=O) groups excluding carboxylic acids is 3. The molecule has 60 heavy (non-hydrogen) atoms. The molecule has 3 fully saturated rings. The van der Waals surface area contributed by atoms with E-state index in [0.29, 0.717) is 68.4 Å². The SMILES string of the molecule is CCCOc1cc2c(Cl)cccc2c(O[C@@H]2C[C@H]3C(=O)N[C@]4(C(=O)NS(=O)(=O)C5(C)CC5)C[C@H]4C=CCC[C@H](C)C[C@@H](C)[C@H](N(C(=O)O)C(C)(C)C(F)(F)F)C(=O)N3C2)n1. The molecule has 0 unspecified atom stereocenters. The predicted molar refractivity (Wildman–Crippen MR) is 216 cm³/mol. The van der Waals surface area contributed by atoms with E-state index in [0.717, 1.165) is 4.90 Å². The van der Waals surface area contributed by atoms with Gasteiger partial charge in [-0.25, -0.2) is 13.2 Å². The van der Waals surface area contributed by atoms with Crippen molar-refractivity contribution in [2.45, 2.75) is 133 Å². The van der Waals surface area contributed by atoms with Crippen molar-refractivity contribution >= 4 is 56.2 Å². The van der Waals surface area contributed by atoms with Crippen molar-refractivity contribution in [1.82, 2.24) is 24.8 Å². The summed E-state index contributed by atoms with van der Waals surface area (Å²) in [5, 5.41) is 14.6. The number of hydrogen-bond donors (Lipinski definition) is 3. The Hall–Kier alpha value is -4.32. The molecule has 0 bridgehead atoms. The van der Waals surface area contributed by atoms with Gasteiger partial charge in [-0.15, -0.1) is 0 Å². The highest BCUT2D eigenvalue weighted by Crippen LogP contribution is 2.48. The zero-order chi connectivity index (χ0) is 44.2. The smallest absolute Gasteiger partial charge is 0.411 e. The molecule has 3 heterocycles. The number of hydrogen-bond acceptors (Lipinski definition) is 9. The lowest BCUT2D eigenvalue weighted by Gasteiger charge is -2.45. The van der Waals surface area contributed by atoms with Crippen LogP contribution in [0, 0.1) is 17.8 Å². The number of nitrogens with zero attached hydrogens (tertiary/aromatic N) is 3. The largest absolute Gasteiger partial charge is 0.478 e. The Kier molecular flexibility index (Phi) is 12.4. The molecule has 2 aliphatic carbocycles. The predicted octanol–water partition coefficient (Wildman–Crippen LogP) is 6.60. The van der Waals surface area contributed by atoms with Gasteiger partial charge in [-0.2, -0.15) is 18.2 Å². The maximum absolute atomic E-state index is 15.1. The Bertz CT molecular complexity index is 2170. The van der Waals surface area contributed by atoms with Crippen LogP contribution in [0.5, 0.6) is 11.8 Å². The number of sulfonamides is 1. The molecule has 0 spiro atoms. The van der Waals surface area contributed by atoms with Crippen LogP contribution >= 0.6 is 11.6 Å². The minimum Gasteiger partial charge on any atom is -0.478 e. The number of pyridine rings is 1. The molecule has 19 heteroatoms. The van der Waals surface area contributed by atoms with Gasteiger partial charge >= 0.3 is 12.3 Å². The van der Waals surface area contributed by atoms with Crippen molar-refractivity contribution in [3.8, 4) is 11.8 Å². The Morgan fingerprint density at radius 1 is 1.15 bits per heavy atom. The van der Waals surface area contributed by atoms with E-state index < -0.39 is 92.4 Å². The van der Waals surface area contributed by atoms with Crippen LogP contribution in [-0.4, -0.2) is 105 Å². The van der Waals surface area contributed by atoms with Crippen molar-refractivity contribution in [3.63, 3.8) is 0 Å². The minimum atomic E-state index is -5.11. The zero-order valence-electron chi connectivity index (χ0n) is 34.5. The van der Waals surface area contributed by atoms with Gasteiger partial charge in [0.1, 0.15) is 29.3 Å². The van der Waals surface area contributed by atoms with Gasteiger partial charge in [-0.05, 0) is 89.7 Å². The van der Waals surface area contributed by atoms with E-state index >= 15 is 4.79 Å². The summed E-state index contributed by atoms with van der Waals surface area (Å²) in [4.78, 5) is 62.4. The third-order valence-corrected chi connectivity index (χ3v) is 15.0. The Labute approximate surface area is 352 Å². The number of ether oxygens (including phenoxy) is 2. The summed E-state index contributed by atoms with van der Waals surface area (Å²) in [5.41, 5.74) is -4.79. The van der Waals surface area contributed by atoms with E-state index in [1.54, 1.807) is 36.4 Å². The molecule has 7 atom stereocenters. The lowest BCUT2D eigenvalue weighted by Crippen LogP contribution is -2.66. The first-order valence-corrected chi connectivity index (χ1v) is 22.2. The van der Waals surface area contributed by atoms with Crippen molar-refractivity contribution in [2.75, 3.05) is 13.2 Å². The Morgan fingerprint density at radius 3 is 2.48 bits per heavy atom. The summed E-state index contributed by atoms with van der Waals surface area (Å²) in [5.74, 6) is -4.49. The molecular weight excluding hydrogens is 831 g/mol. The van der Waals surface area contributed by atoms with Gasteiger partial charge < -0.3 is 24.8 Å². The van der Waals surface area contributed by atoms with Gasteiger partial charge in [0.15, 0.2) is 0 Å². The van der Waals surface area contributed by atoms with Gasteiger partial charge in [0.2, 0.25) is 33.6 Å². The molecule has 330 valence electrons. The van der Waals surface area contributed by atoms with E-state index in [4.69, 9.17) is 21.1 Å². The number of halogens is 4. The van der Waals surface area contributed by atoms with Crippen LogP contribution in [0.1, 0.15) is 92.9 Å². The number of allylic oxidation sites excluding steroid dienone is 1. The quantitative estimate of drug-likeness (QED) is 0.220. The molecule has 6 rings (SSSR count). The first kappa shape index (κ1) is 45.2. The second-order valence-corrected chi connectivity index (χ2v) is 20.2. The van der Waals surface area contributed by atoms with E-state index in [1.165, 1.54) is 13.8 Å². The summed E-state index contributed by atoms with van der Waals surface area (Å²) < 4.78 is 84.0. The molecule has 2 aromatic rings. The molecule has 3 N–H and O–H groups in total. The molecule has 2 aliphatic heterocycles. The lowest BCUT2D eigenvalue weighted by atomic mass is 9.85. The summed E-state index contributed by atoms with van der Waals surface area (Å²) >= 11 is 6.55. The third kappa shape index (κ3) is 8.72. The number of aromatic nitrogens is 1. The van der Waals surface area contributed by atoms with Crippen molar-refractivity contribution in [1.29, 1.82) is 0 Å². The van der Waals surface area contributed by atoms with E-state index in [2.05, 4.69) is 15.0 Å². The Morgan fingerprint density at radius 2 is 1.85 bits per heavy atom. The van der Waals surface area contributed by atoms with Crippen molar-refractivity contribution < 1.29 is 55.3 Å². The molecule has 4 amide bonds. The molecule has 4 aliphatic rings. The fourth-order valence-electron chi connectivity index (χ4n) is 8.30. The summed E-state index contributed by atoms with van der Waals surface area (Å²) in [7, 11) is -4.13. The monoisotopic (exact) mass is 883 g/mol. The highest BCUT2D eigenvalue weighted by atomic mass is 35.5. The summed E-state index contributed by atoms with van der Waals surface area (Å²) in [6, 6.07) is 3.24. The fraction of sp³-hybridized carbons (Fsp3) is 0.634. The second kappa shape index (κ2) is 16.5. The van der Waals surface area contributed by atoms with Gasteiger partial charge in [0, 0.05) is 34.2 Å². The minimum absolute atomic E-state index is 0.0350. The van der Waals surface area contributed by atoms with Crippen molar-refractivity contribution in [2.24, 2.45) is 17.8 Å². The van der Waals surface area contributed by atoms with Crippen LogP contribution in [0.2, 0.25) is 5.02 Å². The molecule has 1 aromatic heterocycles. The number of nitrogens with one attached hydrogen (secondary N) is 2. The van der Waals surface area contributed by atoms with Crippen LogP contribution in [0.15, 0.2) is 36.4 Å². The number of fused-ring (bicyclic) bond motifs is 3. The normalized spacial score (nSPS) is 28.4. The lowest BCUT2D eigenvalue weighted by molar-refractivity contribution is -0.222. The van der Waals surface area contributed by atoms with Crippen LogP contribution in [0.3, 0.4) is 0 Å². The van der Waals surface area contributed by atoms with E-state index in [1.807, 2.05) is 13.8 Å². The zero-order valence-corrected chi connectivity index (χ0v) is 36.0. The number of carbonyl (C=O) groups is 4. The van der Waals surface area contributed by atoms with E-state index in [-0.39, 0.29) is 41.8 Å². The topological polar surface area (TPSA) is 185 Å². The number of amides is 4. The summed E-state index contributed by atoms with van der Waals surface area (Å²) in [6.45, 7) is 8.08. The standard InChI is InChI=1S/C41H53ClF3N5O9S/c1-7-17-58-31-20-28-27(13-10-14-29(28)42)34(46-31)59-26-19-30-33(51)47-40(36(53)48-60(56,57)39(6)15-16-39)21-25(40)12-9-8-11-23(2)18-24(3)32(35(52)49(30)22-26)50(37(54)55)38(4,5)41(43,44)45/h9-10,12-14,20,23-26,30,32H,7-8,11,15-19,21-22H2,1-6H3,(H,47,51)(H,48,53)(H,54,55)/t23-,24+,25+,26+,30-,32-,40+/m0/s1. The number of benzene rings is 1. The number of rotatable bonds is 10. The Balaban J connectivity index is 1.44. The maximum Gasteiger partial charge on any atom is 0.411 e.